The maximum absolute atomic E-state index is 13.0. The summed E-state index contributed by atoms with van der Waals surface area (Å²) >= 11 is 0. The second kappa shape index (κ2) is 6.39. The Balaban J connectivity index is 1.51. The minimum atomic E-state index is -0.0359. The van der Waals surface area contributed by atoms with Crippen LogP contribution in [0.4, 0.5) is 5.95 Å². The first-order valence-electron chi connectivity index (χ1n) is 8.14. The van der Waals surface area contributed by atoms with Crippen LogP contribution in [0.2, 0.25) is 0 Å². The van der Waals surface area contributed by atoms with Gasteiger partial charge in [-0.1, -0.05) is 0 Å². The molecule has 4 heterocycles. The third-order valence-corrected chi connectivity index (χ3v) is 4.32. The SMILES string of the molecule is Cc1[nH]nc(-c2ccco2)c1C(=O)N1CCN(c2ncccn2)CC1. The number of furan rings is 1. The van der Waals surface area contributed by atoms with E-state index >= 15 is 0 Å². The minimum absolute atomic E-state index is 0.0359. The summed E-state index contributed by atoms with van der Waals surface area (Å²) in [4.78, 5) is 25.5. The largest absolute Gasteiger partial charge is 0.463 e. The Morgan fingerprint density at radius 1 is 1.16 bits per heavy atom. The van der Waals surface area contributed by atoms with Crippen molar-refractivity contribution >= 4 is 11.9 Å². The quantitative estimate of drug-likeness (QED) is 0.782. The van der Waals surface area contributed by atoms with Crippen molar-refractivity contribution in [2.24, 2.45) is 0 Å². The fourth-order valence-corrected chi connectivity index (χ4v) is 3.00. The van der Waals surface area contributed by atoms with Crippen LogP contribution in [0.3, 0.4) is 0 Å². The number of aryl methyl sites for hydroxylation is 1. The zero-order valence-electron chi connectivity index (χ0n) is 13.8. The van der Waals surface area contributed by atoms with E-state index in [4.69, 9.17) is 4.42 Å². The maximum atomic E-state index is 13.0. The van der Waals surface area contributed by atoms with E-state index in [1.165, 1.54) is 0 Å². The Hall–Kier alpha value is -3.16. The summed E-state index contributed by atoms with van der Waals surface area (Å²) in [6, 6.07) is 5.38. The molecule has 1 fully saturated rings. The molecular weight excluding hydrogens is 320 g/mol. The molecule has 0 unspecified atom stereocenters. The molecule has 1 aliphatic heterocycles. The Morgan fingerprint density at radius 3 is 2.60 bits per heavy atom. The highest BCUT2D eigenvalue weighted by Crippen LogP contribution is 2.25. The predicted octanol–water partition coefficient (Wildman–Crippen LogP) is 1.73. The van der Waals surface area contributed by atoms with Gasteiger partial charge in [0.2, 0.25) is 5.95 Å². The number of amides is 1. The molecule has 0 spiro atoms. The van der Waals surface area contributed by atoms with Crippen LogP contribution in [0.5, 0.6) is 0 Å². The van der Waals surface area contributed by atoms with E-state index in [1.807, 2.05) is 11.8 Å². The highest BCUT2D eigenvalue weighted by atomic mass is 16.3. The molecule has 0 saturated carbocycles. The number of rotatable bonds is 3. The second-order valence-corrected chi connectivity index (χ2v) is 5.88. The zero-order valence-corrected chi connectivity index (χ0v) is 13.8. The van der Waals surface area contributed by atoms with Gasteiger partial charge in [-0.25, -0.2) is 9.97 Å². The highest BCUT2D eigenvalue weighted by Gasteiger charge is 2.28. The second-order valence-electron chi connectivity index (χ2n) is 5.88. The molecule has 0 aliphatic carbocycles. The van der Waals surface area contributed by atoms with Gasteiger partial charge in [-0.15, -0.1) is 0 Å². The third-order valence-electron chi connectivity index (χ3n) is 4.32. The van der Waals surface area contributed by atoms with Crippen molar-refractivity contribution in [3.63, 3.8) is 0 Å². The maximum Gasteiger partial charge on any atom is 0.258 e. The zero-order chi connectivity index (χ0) is 17.2. The van der Waals surface area contributed by atoms with Crippen molar-refractivity contribution in [2.75, 3.05) is 31.1 Å². The molecule has 0 bridgehead atoms. The van der Waals surface area contributed by atoms with E-state index in [2.05, 4.69) is 25.1 Å². The number of H-pyrrole nitrogens is 1. The molecule has 3 aromatic rings. The lowest BCUT2D eigenvalue weighted by Gasteiger charge is -2.34. The first-order chi connectivity index (χ1) is 12.2. The van der Waals surface area contributed by atoms with Gasteiger partial charge in [-0.3, -0.25) is 9.89 Å². The fraction of sp³-hybridized carbons (Fsp3) is 0.294. The lowest BCUT2D eigenvalue weighted by molar-refractivity contribution is 0.0746. The predicted molar refractivity (Wildman–Crippen MR) is 91.2 cm³/mol. The van der Waals surface area contributed by atoms with Crippen LogP contribution in [0.15, 0.2) is 41.3 Å². The van der Waals surface area contributed by atoms with Crippen LogP contribution in [-0.4, -0.2) is 57.2 Å². The lowest BCUT2D eigenvalue weighted by atomic mass is 10.1. The van der Waals surface area contributed by atoms with Crippen molar-refractivity contribution < 1.29 is 9.21 Å². The van der Waals surface area contributed by atoms with Crippen LogP contribution >= 0.6 is 0 Å². The number of piperazine rings is 1. The number of hydrogen-bond donors (Lipinski definition) is 1. The Bertz CT molecular complexity index is 851. The van der Waals surface area contributed by atoms with Gasteiger partial charge in [0.1, 0.15) is 5.69 Å². The third kappa shape index (κ3) is 2.86. The number of nitrogens with zero attached hydrogens (tertiary/aromatic N) is 5. The van der Waals surface area contributed by atoms with Gasteiger partial charge in [-0.2, -0.15) is 5.10 Å². The van der Waals surface area contributed by atoms with Crippen LogP contribution < -0.4 is 4.90 Å². The van der Waals surface area contributed by atoms with Gasteiger partial charge in [0.05, 0.1) is 11.8 Å². The van der Waals surface area contributed by atoms with Crippen molar-refractivity contribution in [3.05, 3.63) is 48.1 Å². The fourth-order valence-electron chi connectivity index (χ4n) is 3.00. The Kier molecular flexibility index (Phi) is 3.93. The molecule has 4 rings (SSSR count). The number of anilines is 1. The standard InChI is InChI=1S/C17H18N6O2/c1-12-14(15(21-20-12)13-4-2-11-25-13)16(24)22-7-9-23(10-8-22)17-18-5-3-6-19-17/h2-6,11H,7-10H2,1H3,(H,20,21). The lowest BCUT2D eigenvalue weighted by Crippen LogP contribution is -2.49. The minimum Gasteiger partial charge on any atom is -0.463 e. The van der Waals surface area contributed by atoms with Crippen LogP contribution in [0, 0.1) is 6.92 Å². The summed E-state index contributed by atoms with van der Waals surface area (Å²) in [5, 5.41) is 7.13. The van der Waals surface area contributed by atoms with Gasteiger partial charge < -0.3 is 14.2 Å². The molecule has 0 aromatic carbocycles. The molecule has 3 aromatic heterocycles. The summed E-state index contributed by atoms with van der Waals surface area (Å²) < 4.78 is 5.41. The van der Waals surface area contributed by atoms with E-state index in [1.54, 1.807) is 36.9 Å². The molecule has 0 atom stereocenters. The molecule has 1 saturated heterocycles. The molecular formula is C17H18N6O2. The van der Waals surface area contributed by atoms with E-state index in [9.17, 15) is 4.79 Å². The van der Waals surface area contributed by atoms with Crippen molar-refractivity contribution in [2.45, 2.75) is 6.92 Å². The van der Waals surface area contributed by atoms with Crippen molar-refractivity contribution in [3.8, 4) is 11.5 Å². The number of carbonyl (C=O) groups is 1. The van der Waals surface area contributed by atoms with Gasteiger partial charge in [0.25, 0.3) is 5.91 Å². The number of aromatic nitrogens is 4. The van der Waals surface area contributed by atoms with Gasteiger partial charge in [-0.05, 0) is 25.1 Å². The topological polar surface area (TPSA) is 91.2 Å². The molecule has 1 N–H and O–H groups in total. The van der Waals surface area contributed by atoms with E-state index < -0.39 is 0 Å². The summed E-state index contributed by atoms with van der Waals surface area (Å²) in [7, 11) is 0. The van der Waals surface area contributed by atoms with Crippen LogP contribution in [0.1, 0.15) is 16.1 Å². The number of hydrogen-bond acceptors (Lipinski definition) is 6. The van der Waals surface area contributed by atoms with Gasteiger partial charge >= 0.3 is 0 Å². The number of nitrogens with one attached hydrogen (secondary N) is 1. The number of aromatic amines is 1. The Labute approximate surface area is 144 Å². The van der Waals surface area contributed by atoms with E-state index in [0.29, 0.717) is 49.1 Å². The summed E-state index contributed by atoms with van der Waals surface area (Å²) in [6.45, 7) is 4.46. The van der Waals surface area contributed by atoms with Crippen LogP contribution in [0.25, 0.3) is 11.5 Å². The molecule has 25 heavy (non-hydrogen) atoms. The first kappa shape index (κ1) is 15.4. The molecule has 1 aliphatic rings. The van der Waals surface area contributed by atoms with Gasteiger partial charge in [0, 0.05) is 44.3 Å². The smallest absolute Gasteiger partial charge is 0.258 e. The first-order valence-corrected chi connectivity index (χ1v) is 8.14. The van der Waals surface area contributed by atoms with Crippen molar-refractivity contribution in [1.29, 1.82) is 0 Å². The average Bonchev–Trinajstić information content (AvgIpc) is 3.31. The van der Waals surface area contributed by atoms with E-state index in [0.717, 1.165) is 5.69 Å². The highest BCUT2D eigenvalue weighted by molar-refractivity contribution is 6.00. The summed E-state index contributed by atoms with van der Waals surface area (Å²) in [6.07, 6.45) is 5.03. The molecule has 128 valence electrons. The van der Waals surface area contributed by atoms with E-state index in [-0.39, 0.29) is 5.91 Å². The molecule has 8 nitrogen and oxygen atoms in total. The van der Waals surface area contributed by atoms with Crippen LogP contribution in [-0.2, 0) is 0 Å². The summed E-state index contributed by atoms with van der Waals surface area (Å²) in [5.41, 5.74) is 1.87. The average molecular weight is 338 g/mol. The number of carbonyl (C=O) groups excluding carboxylic acids is 1. The summed E-state index contributed by atoms with van der Waals surface area (Å²) in [5.74, 6) is 1.25. The van der Waals surface area contributed by atoms with Crippen molar-refractivity contribution in [1.82, 2.24) is 25.1 Å². The monoisotopic (exact) mass is 338 g/mol. The molecule has 8 heteroatoms. The molecule has 0 radical (unpaired) electrons. The normalized spacial score (nSPS) is 14.8. The van der Waals surface area contributed by atoms with Gasteiger partial charge in [0.15, 0.2) is 5.76 Å². The Morgan fingerprint density at radius 2 is 1.92 bits per heavy atom. The molecule has 1 amide bonds.